The minimum Gasteiger partial charge on any atom is -0.481 e. The van der Waals surface area contributed by atoms with E-state index >= 15 is 0 Å². The molecule has 0 aromatic heterocycles. The van der Waals surface area contributed by atoms with Crippen molar-refractivity contribution in [2.45, 2.75) is 50.0 Å². The monoisotopic (exact) mass is 478 g/mol. The number of hydrogen-bond donors (Lipinski definition) is 2. The van der Waals surface area contributed by atoms with Gasteiger partial charge in [-0.1, -0.05) is 43.3 Å². The summed E-state index contributed by atoms with van der Waals surface area (Å²) in [5.74, 6) is -3.81. The first-order valence-electron chi connectivity index (χ1n) is 12.1. The molecule has 2 bridgehead atoms. The third-order valence-corrected chi connectivity index (χ3v) is 7.95. The molecule has 6 atom stereocenters. The van der Waals surface area contributed by atoms with Gasteiger partial charge < -0.3 is 24.7 Å². The Hall–Kier alpha value is -3.23. The molecule has 8 heteroatoms. The molecule has 35 heavy (non-hydrogen) atoms. The molecule has 2 amide bonds. The maximum atomic E-state index is 14.3. The SMILES string of the molecule is C=CCN(C(=O)[C@@H]1N([C@@H](CC)CO)C(=O)[C@H]2[C@H](C(=O)O)[C@@H]3CC[C@]12O3)c1ccc2ccccc2c1. The van der Waals surface area contributed by atoms with Gasteiger partial charge in [-0.25, -0.2) is 0 Å². The molecule has 3 fully saturated rings. The number of carboxylic acids is 1. The van der Waals surface area contributed by atoms with E-state index in [1.165, 1.54) is 4.90 Å². The predicted molar refractivity (Wildman–Crippen MR) is 130 cm³/mol. The van der Waals surface area contributed by atoms with Gasteiger partial charge in [-0.15, -0.1) is 6.58 Å². The second-order valence-electron chi connectivity index (χ2n) is 9.65. The van der Waals surface area contributed by atoms with Crippen molar-refractivity contribution >= 4 is 34.2 Å². The van der Waals surface area contributed by atoms with E-state index in [4.69, 9.17) is 4.74 Å². The number of amides is 2. The molecule has 1 spiro atoms. The van der Waals surface area contributed by atoms with Crippen LogP contribution in [0.1, 0.15) is 26.2 Å². The lowest BCUT2D eigenvalue weighted by Gasteiger charge is -2.39. The quantitative estimate of drug-likeness (QED) is 0.565. The minimum absolute atomic E-state index is 0.207. The molecule has 5 rings (SSSR count). The highest BCUT2D eigenvalue weighted by atomic mass is 16.5. The number of carboxylic acid groups (broad SMARTS) is 1. The first-order valence-corrected chi connectivity index (χ1v) is 12.1. The Morgan fingerprint density at radius 3 is 2.69 bits per heavy atom. The molecule has 2 aromatic carbocycles. The summed E-state index contributed by atoms with van der Waals surface area (Å²) in [6.45, 7) is 5.54. The molecule has 3 aliphatic heterocycles. The fraction of sp³-hybridized carbons (Fsp3) is 0.444. The van der Waals surface area contributed by atoms with E-state index in [9.17, 15) is 24.6 Å². The van der Waals surface area contributed by atoms with Gasteiger partial charge in [0.05, 0.1) is 30.6 Å². The van der Waals surface area contributed by atoms with E-state index in [0.717, 1.165) is 10.8 Å². The number of aliphatic hydroxyl groups excluding tert-OH is 1. The molecule has 0 aliphatic carbocycles. The van der Waals surface area contributed by atoms with E-state index in [1.807, 2.05) is 49.4 Å². The fourth-order valence-electron chi connectivity index (χ4n) is 6.40. The molecule has 3 saturated heterocycles. The summed E-state index contributed by atoms with van der Waals surface area (Å²) >= 11 is 0. The van der Waals surface area contributed by atoms with Crippen LogP contribution >= 0.6 is 0 Å². The zero-order valence-electron chi connectivity index (χ0n) is 19.7. The van der Waals surface area contributed by atoms with E-state index < -0.39 is 47.5 Å². The zero-order valence-corrected chi connectivity index (χ0v) is 19.7. The van der Waals surface area contributed by atoms with E-state index in [1.54, 1.807) is 11.0 Å². The van der Waals surface area contributed by atoms with Gasteiger partial charge in [0.1, 0.15) is 11.6 Å². The highest BCUT2D eigenvalue weighted by Gasteiger charge is 2.75. The number of fused-ring (bicyclic) bond motifs is 2. The number of aliphatic hydroxyl groups is 1. The maximum Gasteiger partial charge on any atom is 0.310 e. The molecule has 0 radical (unpaired) electrons. The number of hydrogen-bond acceptors (Lipinski definition) is 5. The summed E-state index contributed by atoms with van der Waals surface area (Å²) in [7, 11) is 0. The van der Waals surface area contributed by atoms with Crippen LogP contribution in [0.4, 0.5) is 5.69 Å². The van der Waals surface area contributed by atoms with Gasteiger partial charge in [-0.3, -0.25) is 14.4 Å². The van der Waals surface area contributed by atoms with Gasteiger partial charge in [-0.05, 0) is 42.2 Å². The van der Waals surface area contributed by atoms with Crippen molar-refractivity contribution in [3.63, 3.8) is 0 Å². The van der Waals surface area contributed by atoms with Crippen molar-refractivity contribution in [2.24, 2.45) is 11.8 Å². The smallest absolute Gasteiger partial charge is 0.310 e. The number of anilines is 1. The number of likely N-dealkylation sites (tertiary alicyclic amines) is 1. The van der Waals surface area contributed by atoms with Crippen LogP contribution in [-0.2, 0) is 19.1 Å². The van der Waals surface area contributed by atoms with Crippen LogP contribution in [0.5, 0.6) is 0 Å². The first-order chi connectivity index (χ1) is 16.9. The Bertz CT molecular complexity index is 1190. The maximum absolute atomic E-state index is 14.3. The first kappa shape index (κ1) is 23.5. The highest BCUT2D eigenvalue weighted by Crippen LogP contribution is 2.59. The Balaban J connectivity index is 1.62. The average Bonchev–Trinajstić information content (AvgIpc) is 3.50. The standard InChI is InChI=1S/C27H30N2O6/c1-3-13-28(19-10-9-16-7-5-6-8-17(16)14-19)25(32)23-27-12-11-20(35-27)21(26(33)34)22(27)24(31)29(23)18(4-2)15-30/h3,5-10,14,18,20-23,30H,1,4,11-13,15H2,2H3,(H,33,34)/t18-,20-,21+,22+,23-,27+/m0/s1. The van der Waals surface area contributed by atoms with Crippen molar-refractivity contribution in [1.29, 1.82) is 0 Å². The Morgan fingerprint density at radius 1 is 1.29 bits per heavy atom. The van der Waals surface area contributed by atoms with Gasteiger partial charge >= 0.3 is 5.97 Å². The van der Waals surface area contributed by atoms with Gasteiger partial charge in [0.15, 0.2) is 0 Å². The number of nitrogens with zero attached hydrogens (tertiary/aromatic N) is 2. The second kappa shape index (κ2) is 8.77. The number of aliphatic carboxylic acids is 1. The van der Waals surface area contributed by atoms with Gasteiger partial charge in [0.25, 0.3) is 5.91 Å². The third kappa shape index (κ3) is 3.38. The summed E-state index contributed by atoms with van der Waals surface area (Å²) in [6.07, 6.45) is 2.35. The Labute approximate surface area is 203 Å². The molecule has 3 aliphatic rings. The number of benzene rings is 2. The summed E-state index contributed by atoms with van der Waals surface area (Å²) in [5.41, 5.74) is -0.568. The molecular formula is C27H30N2O6. The largest absolute Gasteiger partial charge is 0.481 e. The molecule has 0 unspecified atom stereocenters. The van der Waals surface area contributed by atoms with Crippen molar-refractivity contribution in [3.8, 4) is 0 Å². The van der Waals surface area contributed by atoms with Gasteiger partial charge in [0.2, 0.25) is 5.91 Å². The Morgan fingerprint density at radius 2 is 2.03 bits per heavy atom. The lowest BCUT2D eigenvalue weighted by Crippen LogP contribution is -2.59. The summed E-state index contributed by atoms with van der Waals surface area (Å²) < 4.78 is 6.27. The van der Waals surface area contributed by atoms with E-state index in [2.05, 4.69) is 6.58 Å². The topological polar surface area (TPSA) is 107 Å². The van der Waals surface area contributed by atoms with Crippen LogP contribution in [0, 0.1) is 11.8 Å². The molecule has 2 N–H and O–H groups in total. The van der Waals surface area contributed by atoms with Gasteiger partial charge in [0, 0.05) is 12.2 Å². The summed E-state index contributed by atoms with van der Waals surface area (Å²) in [6, 6.07) is 11.9. The van der Waals surface area contributed by atoms with E-state index in [-0.39, 0.29) is 19.1 Å². The van der Waals surface area contributed by atoms with Crippen LogP contribution in [0.2, 0.25) is 0 Å². The second-order valence-corrected chi connectivity index (χ2v) is 9.65. The number of carbonyl (C=O) groups excluding carboxylic acids is 2. The van der Waals surface area contributed by atoms with Crippen molar-refractivity contribution in [1.82, 2.24) is 4.90 Å². The van der Waals surface area contributed by atoms with Crippen molar-refractivity contribution < 1.29 is 29.3 Å². The predicted octanol–water partition coefficient (Wildman–Crippen LogP) is 2.59. The molecule has 184 valence electrons. The normalized spacial score (nSPS) is 29.9. The highest BCUT2D eigenvalue weighted by molar-refractivity contribution is 6.05. The third-order valence-electron chi connectivity index (χ3n) is 7.95. The van der Waals surface area contributed by atoms with Crippen LogP contribution in [0.15, 0.2) is 55.1 Å². The summed E-state index contributed by atoms with van der Waals surface area (Å²) in [5, 5.41) is 22.0. The molecule has 3 heterocycles. The number of rotatable bonds is 8. The molecule has 2 aromatic rings. The minimum atomic E-state index is -1.22. The number of carbonyl (C=O) groups is 3. The van der Waals surface area contributed by atoms with Crippen LogP contribution < -0.4 is 4.90 Å². The van der Waals surface area contributed by atoms with Crippen LogP contribution in [-0.4, -0.2) is 69.8 Å². The average molecular weight is 479 g/mol. The number of ether oxygens (including phenoxy) is 1. The van der Waals surface area contributed by atoms with Crippen LogP contribution in [0.25, 0.3) is 10.8 Å². The Kier molecular flexibility index (Phi) is 5.89. The lowest BCUT2D eigenvalue weighted by molar-refractivity contribution is -0.151. The fourth-order valence-corrected chi connectivity index (χ4v) is 6.40. The molecule has 8 nitrogen and oxygen atoms in total. The zero-order chi connectivity index (χ0) is 24.9. The lowest BCUT2D eigenvalue weighted by atomic mass is 9.70. The van der Waals surface area contributed by atoms with Crippen molar-refractivity contribution in [3.05, 3.63) is 55.1 Å². The van der Waals surface area contributed by atoms with Crippen molar-refractivity contribution in [2.75, 3.05) is 18.1 Å². The van der Waals surface area contributed by atoms with Crippen LogP contribution in [0.3, 0.4) is 0 Å². The summed E-state index contributed by atoms with van der Waals surface area (Å²) in [4.78, 5) is 43.2. The molecule has 0 saturated carbocycles. The van der Waals surface area contributed by atoms with Gasteiger partial charge in [-0.2, -0.15) is 0 Å². The molecular weight excluding hydrogens is 448 g/mol. The van der Waals surface area contributed by atoms with E-state index in [0.29, 0.717) is 24.9 Å².